The molecule has 3 aromatic heterocycles. The molecule has 0 radical (unpaired) electrons. The summed E-state index contributed by atoms with van der Waals surface area (Å²) < 4.78 is 9.21. The molecule has 258 valence electrons. The lowest BCUT2D eigenvalue weighted by Gasteiger charge is -2.19. The van der Waals surface area contributed by atoms with Crippen LogP contribution in [0.15, 0.2) is 29.6 Å². The second kappa shape index (κ2) is 15.4. The molecule has 8 N–H and O–H groups in total. The Morgan fingerprint density at radius 1 is 0.854 bits per heavy atom. The molecule has 0 aliphatic carbocycles. The molecule has 0 saturated carbocycles. The lowest BCUT2D eigenvalue weighted by Crippen LogP contribution is -2.40. The number of carboxylic acid groups (broad SMARTS) is 1. The highest BCUT2D eigenvalue weighted by atomic mass is 16.6. The number of rotatable bonds is 12. The molecule has 0 fully saturated rings. The van der Waals surface area contributed by atoms with Crippen molar-refractivity contribution < 1.29 is 38.6 Å². The van der Waals surface area contributed by atoms with Crippen molar-refractivity contribution in [3.05, 3.63) is 42.0 Å². The van der Waals surface area contributed by atoms with E-state index in [1.807, 2.05) is 0 Å². The Kier molecular flexibility index (Phi) is 11.6. The van der Waals surface area contributed by atoms with Crippen LogP contribution >= 0.6 is 0 Å². The van der Waals surface area contributed by atoms with Gasteiger partial charge in [-0.25, -0.2) is 19.6 Å². The van der Waals surface area contributed by atoms with E-state index in [0.717, 1.165) is 0 Å². The fourth-order valence-corrected chi connectivity index (χ4v) is 4.02. The summed E-state index contributed by atoms with van der Waals surface area (Å²) in [5, 5.41) is 21.6. The van der Waals surface area contributed by atoms with Gasteiger partial charge in [0.05, 0.1) is 12.2 Å². The van der Waals surface area contributed by atoms with E-state index in [0.29, 0.717) is 5.69 Å². The number of alkyl carbamates (subject to hydrolysis) is 1. The Morgan fingerprint density at radius 3 is 2.02 bits per heavy atom. The highest BCUT2D eigenvalue weighted by Crippen LogP contribution is 2.16. The van der Waals surface area contributed by atoms with Crippen LogP contribution in [0, 0.1) is 0 Å². The summed E-state index contributed by atoms with van der Waals surface area (Å²) in [6, 6.07) is 1.43. The largest absolute Gasteiger partial charge is 0.475 e. The number of aryl methyl sites for hydroxylation is 3. The maximum absolute atomic E-state index is 12.9. The number of amides is 5. The van der Waals surface area contributed by atoms with Crippen LogP contribution in [-0.2, 0) is 35.5 Å². The van der Waals surface area contributed by atoms with Crippen LogP contribution in [0.25, 0.3) is 0 Å². The normalized spacial score (nSPS) is 11.4. The third kappa shape index (κ3) is 10.7. The third-order valence-electron chi connectivity index (χ3n) is 6.07. The van der Waals surface area contributed by atoms with Gasteiger partial charge in [0.2, 0.25) is 23.5 Å². The van der Waals surface area contributed by atoms with Crippen molar-refractivity contribution in [2.45, 2.75) is 39.2 Å². The summed E-state index contributed by atoms with van der Waals surface area (Å²) in [6.45, 7) is 5.02. The number of nitrogens with one attached hydrogen (secondary N) is 5. The monoisotopic (exact) mass is 670 g/mol. The summed E-state index contributed by atoms with van der Waals surface area (Å²) >= 11 is 0. The number of hydrogen-bond acceptors (Lipinski definition) is 10. The zero-order valence-corrected chi connectivity index (χ0v) is 27.2. The van der Waals surface area contributed by atoms with E-state index in [2.05, 4.69) is 41.5 Å². The van der Waals surface area contributed by atoms with Gasteiger partial charge in [-0.15, -0.1) is 0 Å². The number of anilines is 3. The first kappa shape index (κ1) is 36.3. The zero-order valence-electron chi connectivity index (χ0n) is 27.2. The fourth-order valence-electron chi connectivity index (χ4n) is 4.02. The van der Waals surface area contributed by atoms with Gasteiger partial charge in [0.15, 0.2) is 17.6 Å². The average molecular weight is 671 g/mol. The van der Waals surface area contributed by atoms with Crippen LogP contribution in [0.5, 0.6) is 0 Å². The lowest BCUT2D eigenvalue weighted by atomic mass is 10.2. The Balaban J connectivity index is 1.47. The van der Waals surface area contributed by atoms with Gasteiger partial charge in [0.1, 0.15) is 11.3 Å². The Morgan fingerprint density at radius 2 is 1.44 bits per heavy atom. The number of carbonyl (C=O) groups is 6. The first-order chi connectivity index (χ1) is 22.4. The van der Waals surface area contributed by atoms with E-state index in [9.17, 15) is 28.8 Å². The van der Waals surface area contributed by atoms with Gasteiger partial charge >= 0.3 is 12.1 Å². The standard InChI is InChI=1S/C28H38N12O8/c1-28(2,3)48-27(47)37-26(29)31-10-8-20(42)33-17-13-39(5)21(35-17)24(44)32-15-11-16(38(4)12-15)23(43)30-9-7-19(41)34-18-14-40(6)22(36-18)25(45)46/h11-14H,7-10H2,1-6H3,(H,30,43)(H,32,44)(H,33,42)(H,34,41)(H,45,46)(H3,29,31,37,47). The van der Waals surface area contributed by atoms with Crippen molar-refractivity contribution in [3.8, 4) is 0 Å². The summed E-state index contributed by atoms with van der Waals surface area (Å²) in [7, 11) is 4.63. The van der Waals surface area contributed by atoms with E-state index in [-0.39, 0.29) is 60.9 Å². The molecule has 0 saturated heterocycles. The average Bonchev–Trinajstić information content (AvgIpc) is 3.62. The van der Waals surface area contributed by atoms with Gasteiger partial charge in [-0.3, -0.25) is 29.5 Å². The number of nitrogens with two attached hydrogens (primary N) is 1. The van der Waals surface area contributed by atoms with E-state index in [4.69, 9.17) is 15.6 Å². The molecule has 0 aromatic carbocycles. The van der Waals surface area contributed by atoms with Crippen LogP contribution in [0.4, 0.5) is 22.1 Å². The molecule has 0 aliphatic heterocycles. The molecule has 5 amide bonds. The smallest absolute Gasteiger partial charge is 0.414 e. The molecule has 0 unspecified atom stereocenters. The van der Waals surface area contributed by atoms with E-state index < -0.39 is 41.3 Å². The molecule has 3 aromatic rings. The predicted octanol–water partition coefficient (Wildman–Crippen LogP) is 0.369. The van der Waals surface area contributed by atoms with Gasteiger partial charge in [0, 0.05) is 59.1 Å². The summed E-state index contributed by atoms with van der Waals surface area (Å²) in [4.78, 5) is 84.9. The van der Waals surface area contributed by atoms with Crippen LogP contribution in [-0.4, -0.2) is 89.1 Å². The Labute approximate surface area is 274 Å². The number of aromatic nitrogens is 5. The topological polar surface area (TPSA) is 271 Å². The minimum Gasteiger partial charge on any atom is -0.475 e. The predicted molar refractivity (Wildman–Crippen MR) is 171 cm³/mol. The first-order valence-electron chi connectivity index (χ1n) is 14.4. The number of guanidine groups is 1. The number of carbonyl (C=O) groups excluding carboxylic acids is 5. The van der Waals surface area contributed by atoms with Crippen molar-refractivity contribution in [3.63, 3.8) is 0 Å². The van der Waals surface area contributed by atoms with Crippen molar-refractivity contribution in [1.82, 2.24) is 34.3 Å². The summed E-state index contributed by atoms with van der Waals surface area (Å²) in [6.07, 6.45) is 3.33. The second-order valence-electron chi connectivity index (χ2n) is 11.4. The van der Waals surface area contributed by atoms with Gasteiger partial charge in [0.25, 0.3) is 11.8 Å². The zero-order chi connectivity index (χ0) is 35.8. The van der Waals surface area contributed by atoms with E-state index >= 15 is 0 Å². The van der Waals surface area contributed by atoms with Gasteiger partial charge in [-0.1, -0.05) is 0 Å². The third-order valence-corrected chi connectivity index (χ3v) is 6.07. The van der Waals surface area contributed by atoms with E-state index in [1.54, 1.807) is 34.9 Å². The molecular weight excluding hydrogens is 632 g/mol. The maximum atomic E-state index is 12.9. The number of carboxylic acids is 1. The minimum atomic E-state index is -1.24. The molecule has 0 atom stereocenters. The number of hydrogen-bond donors (Lipinski definition) is 7. The van der Waals surface area contributed by atoms with Crippen molar-refractivity contribution in [1.29, 1.82) is 0 Å². The van der Waals surface area contributed by atoms with Crippen molar-refractivity contribution in [2.24, 2.45) is 31.9 Å². The van der Waals surface area contributed by atoms with Crippen molar-refractivity contribution in [2.75, 3.05) is 29.0 Å². The second-order valence-corrected chi connectivity index (χ2v) is 11.4. The maximum Gasteiger partial charge on any atom is 0.414 e. The molecule has 0 bridgehead atoms. The SMILES string of the molecule is Cn1cc(NC(=O)c2nc(NC(=O)CCN=C(N)NC(=O)OC(C)(C)C)cn2C)cc1C(=O)NCCC(=O)Nc1cn(C)c(C(=O)O)n1. The molecule has 0 spiro atoms. The van der Waals surface area contributed by atoms with Crippen LogP contribution < -0.4 is 32.3 Å². The van der Waals surface area contributed by atoms with Crippen LogP contribution in [0.3, 0.4) is 0 Å². The van der Waals surface area contributed by atoms with Gasteiger partial charge < -0.3 is 50.5 Å². The molecule has 20 nitrogen and oxygen atoms in total. The highest BCUT2D eigenvalue weighted by Gasteiger charge is 2.20. The number of aromatic carboxylic acids is 1. The first-order valence-corrected chi connectivity index (χ1v) is 14.4. The van der Waals surface area contributed by atoms with E-state index in [1.165, 1.54) is 45.4 Å². The minimum absolute atomic E-state index is 0.0271. The summed E-state index contributed by atoms with van der Waals surface area (Å²) in [5.74, 6) is -3.61. The summed E-state index contributed by atoms with van der Waals surface area (Å²) in [5.41, 5.74) is 5.41. The van der Waals surface area contributed by atoms with Crippen LogP contribution in [0.2, 0.25) is 0 Å². The van der Waals surface area contributed by atoms with Crippen LogP contribution in [0.1, 0.15) is 65.3 Å². The lowest BCUT2D eigenvalue weighted by molar-refractivity contribution is -0.116. The molecule has 3 heterocycles. The molecule has 3 rings (SSSR count). The number of nitrogens with zero attached hydrogens (tertiary/aromatic N) is 6. The highest BCUT2D eigenvalue weighted by molar-refractivity contribution is 6.04. The molecule has 20 heteroatoms. The van der Waals surface area contributed by atoms with Gasteiger partial charge in [-0.2, -0.15) is 0 Å². The quantitative estimate of drug-likeness (QED) is 0.102. The van der Waals surface area contributed by atoms with Crippen molar-refractivity contribution >= 4 is 59.0 Å². The fraction of sp³-hybridized carbons (Fsp3) is 0.393. The molecule has 0 aliphatic rings. The Bertz CT molecular complexity index is 1740. The van der Waals surface area contributed by atoms with Gasteiger partial charge in [-0.05, 0) is 26.8 Å². The molecule has 48 heavy (non-hydrogen) atoms. The molecular formula is C28H38N12O8. The number of ether oxygens (including phenoxy) is 1. The Hall–Kier alpha value is -6.21. The number of aliphatic imine (C=N–C) groups is 1. The number of imidazole rings is 2.